The molecule has 0 aromatic heterocycles. The molecule has 0 saturated heterocycles. The number of aromatic carboxylic acids is 1. The van der Waals surface area contributed by atoms with Gasteiger partial charge in [0.1, 0.15) is 0 Å². The third-order valence-electron chi connectivity index (χ3n) is 3.81. The molecule has 3 N–H and O–H groups in total. The van der Waals surface area contributed by atoms with E-state index in [1.165, 1.54) is 12.1 Å². The zero-order valence-electron chi connectivity index (χ0n) is 14.8. The van der Waals surface area contributed by atoms with Crippen LogP contribution in [0.1, 0.15) is 61.7 Å². The Morgan fingerprint density at radius 2 is 1.28 bits per heavy atom. The Labute approximate surface area is 149 Å². The van der Waals surface area contributed by atoms with E-state index in [0.29, 0.717) is 24.7 Å². The fraction of sp³-hybridized carbons (Fsp3) is 0.632. The summed E-state index contributed by atoms with van der Waals surface area (Å²) in [4.78, 5) is 11.1. The second-order valence-electron chi connectivity index (χ2n) is 5.94. The molecule has 0 atom stereocenters. The van der Waals surface area contributed by atoms with Gasteiger partial charge in [-0.05, 0) is 56.7 Å². The Balaban J connectivity index is 2.49. The van der Waals surface area contributed by atoms with E-state index in [1.54, 1.807) is 6.07 Å². The van der Waals surface area contributed by atoms with Crippen LogP contribution in [0.5, 0.6) is 11.5 Å². The summed E-state index contributed by atoms with van der Waals surface area (Å²) in [5.74, 6) is 0.0169. The van der Waals surface area contributed by atoms with Gasteiger partial charge in [0.2, 0.25) is 0 Å². The minimum absolute atomic E-state index is 0.172. The molecule has 1 aromatic carbocycles. The molecule has 1 aromatic rings. The topological polar surface area (TPSA) is 96.2 Å². The minimum atomic E-state index is -0.997. The van der Waals surface area contributed by atoms with Gasteiger partial charge < -0.3 is 24.8 Å². The highest BCUT2D eigenvalue weighted by Gasteiger charge is 2.11. The third kappa shape index (κ3) is 9.31. The first kappa shape index (κ1) is 21.3. The molecular weight excluding hydrogens is 324 g/mol. The number of unbranched alkanes of at least 4 members (excludes halogenated alkanes) is 6. The highest BCUT2D eigenvalue weighted by atomic mass is 16.5. The third-order valence-corrected chi connectivity index (χ3v) is 3.81. The molecule has 1 rings (SSSR count). The summed E-state index contributed by atoms with van der Waals surface area (Å²) >= 11 is 0. The smallest absolute Gasteiger partial charge is 0.335 e. The number of carboxylic acids is 1. The van der Waals surface area contributed by atoms with E-state index in [0.717, 1.165) is 51.4 Å². The Bertz CT molecular complexity index is 489. The molecule has 0 aliphatic carbocycles. The molecule has 0 radical (unpaired) electrons. The maximum atomic E-state index is 11.1. The lowest BCUT2D eigenvalue weighted by Crippen LogP contribution is -2.05. The minimum Gasteiger partial charge on any atom is -0.490 e. The first-order chi connectivity index (χ1) is 12.2. The van der Waals surface area contributed by atoms with Gasteiger partial charge >= 0.3 is 5.97 Å². The molecule has 6 nitrogen and oxygen atoms in total. The van der Waals surface area contributed by atoms with Gasteiger partial charge in [-0.2, -0.15) is 0 Å². The lowest BCUT2D eigenvalue weighted by atomic mass is 10.2. The molecule has 0 aliphatic heterocycles. The van der Waals surface area contributed by atoms with Crippen LogP contribution >= 0.6 is 0 Å². The van der Waals surface area contributed by atoms with Crippen LogP contribution in [0.2, 0.25) is 0 Å². The Hall–Kier alpha value is -1.79. The van der Waals surface area contributed by atoms with Crippen molar-refractivity contribution < 1.29 is 29.6 Å². The Morgan fingerprint density at radius 3 is 1.80 bits per heavy atom. The van der Waals surface area contributed by atoms with Crippen molar-refractivity contribution in [3.63, 3.8) is 0 Å². The lowest BCUT2D eigenvalue weighted by molar-refractivity contribution is 0.0696. The number of hydrogen-bond donors (Lipinski definition) is 3. The first-order valence-corrected chi connectivity index (χ1v) is 9.03. The summed E-state index contributed by atoms with van der Waals surface area (Å²) in [6.07, 6.45) is 7.17. The van der Waals surface area contributed by atoms with E-state index in [9.17, 15) is 4.79 Å². The molecule has 25 heavy (non-hydrogen) atoms. The molecule has 142 valence electrons. The average Bonchev–Trinajstić information content (AvgIpc) is 2.61. The second-order valence-corrected chi connectivity index (χ2v) is 5.94. The quantitative estimate of drug-likeness (QED) is 0.418. The van der Waals surface area contributed by atoms with Gasteiger partial charge in [0.15, 0.2) is 11.5 Å². The molecule has 0 fully saturated rings. The zero-order valence-corrected chi connectivity index (χ0v) is 14.8. The van der Waals surface area contributed by atoms with E-state index >= 15 is 0 Å². The maximum absolute atomic E-state index is 11.1. The van der Waals surface area contributed by atoms with Gasteiger partial charge in [-0.1, -0.05) is 12.8 Å². The molecule has 0 heterocycles. The molecule has 0 amide bonds. The summed E-state index contributed by atoms with van der Waals surface area (Å²) in [5.41, 5.74) is 0.172. The summed E-state index contributed by atoms with van der Waals surface area (Å²) in [6, 6.07) is 4.65. The highest BCUT2D eigenvalue weighted by molar-refractivity contribution is 5.88. The summed E-state index contributed by atoms with van der Waals surface area (Å²) in [7, 11) is 0. The number of carbonyl (C=O) groups is 1. The SMILES string of the molecule is O=C(O)c1ccc(OCCCCCCO)c(OCCCCCCO)c1. The van der Waals surface area contributed by atoms with Crippen molar-refractivity contribution in [1.82, 2.24) is 0 Å². The fourth-order valence-electron chi connectivity index (χ4n) is 2.37. The second kappa shape index (κ2) is 13.5. The number of aliphatic hydroxyl groups is 2. The number of hydrogen-bond acceptors (Lipinski definition) is 5. The van der Waals surface area contributed by atoms with Crippen molar-refractivity contribution in [3.8, 4) is 11.5 Å². The van der Waals surface area contributed by atoms with Crippen molar-refractivity contribution >= 4 is 5.97 Å². The van der Waals surface area contributed by atoms with E-state index in [4.69, 9.17) is 24.8 Å². The van der Waals surface area contributed by atoms with Crippen molar-refractivity contribution in [2.75, 3.05) is 26.4 Å². The van der Waals surface area contributed by atoms with Crippen molar-refractivity contribution in [1.29, 1.82) is 0 Å². The van der Waals surface area contributed by atoms with Gasteiger partial charge in [0.05, 0.1) is 18.8 Å². The van der Waals surface area contributed by atoms with Crippen LogP contribution in [0.4, 0.5) is 0 Å². The lowest BCUT2D eigenvalue weighted by Gasteiger charge is -2.13. The predicted molar refractivity (Wildman–Crippen MR) is 95.5 cm³/mol. The Morgan fingerprint density at radius 1 is 0.760 bits per heavy atom. The Kier molecular flexibility index (Phi) is 11.5. The van der Waals surface area contributed by atoms with Crippen LogP contribution in [0.25, 0.3) is 0 Å². The highest BCUT2D eigenvalue weighted by Crippen LogP contribution is 2.29. The standard InChI is InChI=1S/C19H30O6/c20-11-5-1-3-7-13-24-17-10-9-16(19(22)23)15-18(17)25-14-8-4-2-6-12-21/h9-10,15,20-21H,1-8,11-14H2,(H,22,23). The summed E-state index contributed by atoms with van der Waals surface area (Å²) in [6.45, 7) is 1.44. The number of aliphatic hydroxyl groups excluding tert-OH is 2. The molecule has 0 aliphatic rings. The van der Waals surface area contributed by atoms with E-state index in [1.807, 2.05) is 0 Å². The van der Waals surface area contributed by atoms with Crippen LogP contribution in [0, 0.1) is 0 Å². The van der Waals surface area contributed by atoms with Crippen molar-refractivity contribution in [2.45, 2.75) is 51.4 Å². The predicted octanol–water partition coefficient (Wildman–Crippen LogP) is 3.25. The van der Waals surface area contributed by atoms with Crippen LogP contribution in [0.3, 0.4) is 0 Å². The normalized spacial score (nSPS) is 10.6. The van der Waals surface area contributed by atoms with Gasteiger partial charge in [-0.3, -0.25) is 0 Å². The van der Waals surface area contributed by atoms with Crippen LogP contribution in [-0.2, 0) is 0 Å². The average molecular weight is 354 g/mol. The molecule has 0 spiro atoms. The number of carboxylic acid groups (broad SMARTS) is 1. The largest absolute Gasteiger partial charge is 0.490 e. The fourth-order valence-corrected chi connectivity index (χ4v) is 2.37. The molecule has 6 heteroatoms. The van der Waals surface area contributed by atoms with E-state index in [2.05, 4.69) is 0 Å². The maximum Gasteiger partial charge on any atom is 0.335 e. The zero-order chi connectivity index (χ0) is 18.3. The van der Waals surface area contributed by atoms with E-state index in [-0.39, 0.29) is 18.8 Å². The van der Waals surface area contributed by atoms with E-state index < -0.39 is 5.97 Å². The molecular formula is C19H30O6. The first-order valence-electron chi connectivity index (χ1n) is 9.03. The van der Waals surface area contributed by atoms with Crippen LogP contribution in [-0.4, -0.2) is 47.7 Å². The summed E-state index contributed by atoms with van der Waals surface area (Å²) < 4.78 is 11.5. The monoisotopic (exact) mass is 354 g/mol. The number of benzene rings is 1. The molecule has 0 saturated carbocycles. The van der Waals surface area contributed by atoms with Crippen LogP contribution in [0.15, 0.2) is 18.2 Å². The van der Waals surface area contributed by atoms with Crippen molar-refractivity contribution in [3.05, 3.63) is 23.8 Å². The van der Waals surface area contributed by atoms with Crippen molar-refractivity contribution in [2.24, 2.45) is 0 Å². The molecule has 0 unspecified atom stereocenters. The number of ether oxygens (including phenoxy) is 2. The van der Waals surface area contributed by atoms with Gasteiger partial charge in [-0.15, -0.1) is 0 Å². The van der Waals surface area contributed by atoms with Gasteiger partial charge in [-0.25, -0.2) is 4.79 Å². The van der Waals surface area contributed by atoms with Gasteiger partial charge in [0, 0.05) is 13.2 Å². The molecule has 0 bridgehead atoms. The number of rotatable bonds is 15. The summed E-state index contributed by atoms with van der Waals surface area (Å²) in [5, 5.41) is 26.6. The van der Waals surface area contributed by atoms with Gasteiger partial charge in [0.25, 0.3) is 0 Å². The van der Waals surface area contributed by atoms with Crippen LogP contribution < -0.4 is 9.47 Å².